The zero-order valence-corrected chi connectivity index (χ0v) is 17.4. The smallest absolute Gasteiger partial charge is 0.244 e. The van der Waals surface area contributed by atoms with Crippen molar-refractivity contribution in [3.8, 4) is 0 Å². The summed E-state index contributed by atoms with van der Waals surface area (Å²) in [6.07, 6.45) is 3.89. The summed E-state index contributed by atoms with van der Waals surface area (Å²) >= 11 is 1.37. The number of halogens is 2. The Morgan fingerprint density at radius 2 is 2.00 bits per heavy atom. The van der Waals surface area contributed by atoms with Crippen LogP contribution in [0.15, 0.2) is 47.6 Å². The maximum atomic E-state index is 14.5. The van der Waals surface area contributed by atoms with Gasteiger partial charge in [-0.3, -0.25) is 4.79 Å². The number of amides is 1. The first-order valence-corrected chi connectivity index (χ1v) is 11.2. The standard InChI is InChI=1S/C23H23F2N3OS/c24-17-5-6-20(25)18(14-17)22-27-28(21(29)13-15-8-11-26-12-9-15)23(30-22)10-7-16-3-1-2-4-19(16)23/h1-6,14-15,26H,7-13H2. The Bertz CT molecular complexity index is 1020. The van der Waals surface area contributed by atoms with Crippen LogP contribution in [0.2, 0.25) is 0 Å². The molecule has 2 aliphatic heterocycles. The molecule has 1 N–H and O–H groups in total. The average molecular weight is 428 g/mol. The van der Waals surface area contributed by atoms with Gasteiger partial charge < -0.3 is 5.32 Å². The van der Waals surface area contributed by atoms with Crippen molar-refractivity contribution in [3.63, 3.8) is 0 Å². The number of aryl methyl sites for hydroxylation is 1. The van der Waals surface area contributed by atoms with Crippen LogP contribution in [0.5, 0.6) is 0 Å². The van der Waals surface area contributed by atoms with Gasteiger partial charge in [0.2, 0.25) is 5.91 Å². The van der Waals surface area contributed by atoms with Crippen molar-refractivity contribution in [2.24, 2.45) is 11.0 Å². The minimum Gasteiger partial charge on any atom is -0.317 e. The highest BCUT2D eigenvalue weighted by Crippen LogP contribution is 2.55. The molecule has 1 amide bonds. The lowest BCUT2D eigenvalue weighted by molar-refractivity contribution is -0.135. The fourth-order valence-electron chi connectivity index (χ4n) is 4.73. The van der Waals surface area contributed by atoms with Gasteiger partial charge in [-0.15, -0.1) is 0 Å². The average Bonchev–Trinajstić information content (AvgIpc) is 3.33. The second-order valence-corrected chi connectivity index (χ2v) is 9.44. The van der Waals surface area contributed by atoms with E-state index in [2.05, 4.69) is 16.5 Å². The molecule has 0 bridgehead atoms. The molecule has 7 heteroatoms. The third-order valence-corrected chi connectivity index (χ3v) is 7.72. The van der Waals surface area contributed by atoms with E-state index in [0.717, 1.165) is 56.1 Å². The normalized spacial score (nSPS) is 23.7. The van der Waals surface area contributed by atoms with E-state index in [9.17, 15) is 13.6 Å². The SMILES string of the molecule is O=C(CC1CCNCC1)N1N=C(c2cc(F)ccc2F)SC12CCc1ccccc12. The van der Waals surface area contributed by atoms with Crippen LogP contribution < -0.4 is 5.32 Å². The quantitative estimate of drug-likeness (QED) is 0.790. The number of hydrazone groups is 1. The molecule has 5 rings (SSSR count). The number of thioether (sulfide) groups is 1. The Labute approximate surface area is 178 Å². The Hall–Kier alpha value is -2.25. The largest absolute Gasteiger partial charge is 0.317 e. The van der Waals surface area contributed by atoms with Crippen molar-refractivity contribution < 1.29 is 13.6 Å². The van der Waals surface area contributed by atoms with Gasteiger partial charge in [-0.05, 0) is 74.0 Å². The molecule has 4 nitrogen and oxygen atoms in total. The fraction of sp³-hybridized carbons (Fsp3) is 0.391. The Morgan fingerprint density at radius 3 is 2.83 bits per heavy atom. The van der Waals surface area contributed by atoms with Crippen LogP contribution in [0.4, 0.5) is 8.78 Å². The Morgan fingerprint density at radius 1 is 1.20 bits per heavy atom. The molecule has 2 heterocycles. The molecular formula is C23H23F2N3OS. The highest BCUT2D eigenvalue weighted by atomic mass is 32.2. The van der Waals surface area contributed by atoms with Crippen LogP contribution in [0, 0.1) is 17.6 Å². The highest BCUT2D eigenvalue weighted by Gasteiger charge is 2.52. The molecule has 1 atom stereocenters. The Kier molecular flexibility index (Phi) is 5.11. The molecule has 2 aromatic carbocycles. The van der Waals surface area contributed by atoms with Crippen molar-refractivity contribution in [2.45, 2.75) is 37.0 Å². The molecule has 1 fully saturated rings. The van der Waals surface area contributed by atoms with E-state index in [-0.39, 0.29) is 11.5 Å². The number of rotatable bonds is 3. The van der Waals surface area contributed by atoms with Gasteiger partial charge >= 0.3 is 0 Å². The highest BCUT2D eigenvalue weighted by molar-refractivity contribution is 8.15. The molecule has 30 heavy (non-hydrogen) atoms. The van der Waals surface area contributed by atoms with Crippen LogP contribution in [-0.2, 0) is 16.1 Å². The second kappa shape index (κ2) is 7.78. The van der Waals surface area contributed by atoms with E-state index in [1.165, 1.54) is 17.3 Å². The van der Waals surface area contributed by atoms with E-state index < -0.39 is 16.5 Å². The molecule has 1 aliphatic carbocycles. The zero-order valence-electron chi connectivity index (χ0n) is 16.5. The number of nitrogens with one attached hydrogen (secondary N) is 1. The zero-order chi connectivity index (χ0) is 20.7. The van der Waals surface area contributed by atoms with E-state index in [1.54, 1.807) is 5.01 Å². The number of carbonyl (C=O) groups is 1. The lowest BCUT2D eigenvalue weighted by Crippen LogP contribution is -2.41. The van der Waals surface area contributed by atoms with Crippen LogP contribution in [0.3, 0.4) is 0 Å². The molecule has 1 saturated heterocycles. The first kappa shape index (κ1) is 19.7. The number of piperidine rings is 1. The fourth-order valence-corrected chi connectivity index (χ4v) is 6.18. The summed E-state index contributed by atoms with van der Waals surface area (Å²) in [5.74, 6) is -0.771. The molecule has 3 aliphatic rings. The number of nitrogens with zero attached hydrogens (tertiary/aromatic N) is 2. The Balaban J connectivity index is 1.53. The van der Waals surface area contributed by atoms with E-state index in [1.807, 2.05) is 18.2 Å². The monoisotopic (exact) mass is 427 g/mol. The first-order valence-electron chi connectivity index (χ1n) is 10.4. The van der Waals surface area contributed by atoms with Crippen LogP contribution in [0.1, 0.15) is 42.4 Å². The van der Waals surface area contributed by atoms with Crippen molar-refractivity contribution in [1.82, 2.24) is 10.3 Å². The van der Waals surface area contributed by atoms with Gasteiger partial charge in [0.1, 0.15) is 21.5 Å². The van der Waals surface area contributed by atoms with Gasteiger partial charge in [-0.25, -0.2) is 13.8 Å². The van der Waals surface area contributed by atoms with Gasteiger partial charge in [-0.2, -0.15) is 5.10 Å². The summed E-state index contributed by atoms with van der Waals surface area (Å²) in [6.45, 7) is 1.84. The lowest BCUT2D eigenvalue weighted by atomic mass is 9.94. The minimum atomic E-state index is -0.686. The van der Waals surface area contributed by atoms with Crippen molar-refractivity contribution in [1.29, 1.82) is 0 Å². The predicted molar refractivity (Wildman–Crippen MR) is 114 cm³/mol. The third kappa shape index (κ3) is 3.34. The topological polar surface area (TPSA) is 44.7 Å². The molecular weight excluding hydrogens is 404 g/mol. The van der Waals surface area contributed by atoms with Gasteiger partial charge in [-0.1, -0.05) is 36.0 Å². The summed E-state index contributed by atoms with van der Waals surface area (Å²) in [7, 11) is 0. The van der Waals surface area contributed by atoms with Gasteiger partial charge in [0, 0.05) is 12.0 Å². The number of hydrogen-bond acceptors (Lipinski definition) is 4. The lowest BCUT2D eigenvalue weighted by Gasteiger charge is -2.33. The summed E-state index contributed by atoms with van der Waals surface area (Å²) in [5, 5.41) is 9.86. The molecule has 1 unspecified atom stereocenters. The molecule has 0 radical (unpaired) electrons. The van der Waals surface area contributed by atoms with E-state index >= 15 is 0 Å². The summed E-state index contributed by atoms with van der Waals surface area (Å²) in [6, 6.07) is 11.4. The number of fused-ring (bicyclic) bond motifs is 2. The maximum absolute atomic E-state index is 14.5. The summed E-state index contributed by atoms with van der Waals surface area (Å²) in [5.41, 5.74) is 2.34. The van der Waals surface area contributed by atoms with Crippen LogP contribution in [0.25, 0.3) is 0 Å². The molecule has 0 saturated carbocycles. The first-order chi connectivity index (χ1) is 14.6. The van der Waals surface area contributed by atoms with Crippen molar-refractivity contribution >= 4 is 22.7 Å². The van der Waals surface area contributed by atoms with Gasteiger partial charge in [0.25, 0.3) is 0 Å². The molecule has 1 spiro atoms. The van der Waals surface area contributed by atoms with Crippen LogP contribution >= 0.6 is 11.8 Å². The minimum absolute atomic E-state index is 0.0436. The third-order valence-electron chi connectivity index (χ3n) is 6.29. The van der Waals surface area contributed by atoms with E-state index in [4.69, 9.17) is 0 Å². The molecule has 0 aromatic heterocycles. The number of carbonyl (C=O) groups excluding carboxylic acids is 1. The summed E-state index contributed by atoms with van der Waals surface area (Å²) < 4.78 is 28.4. The van der Waals surface area contributed by atoms with Gasteiger partial charge in [0.05, 0.1) is 0 Å². The van der Waals surface area contributed by atoms with E-state index in [0.29, 0.717) is 23.8 Å². The second-order valence-electron chi connectivity index (χ2n) is 8.18. The summed E-state index contributed by atoms with van der Waals surface area (Å²) in [4.78, 5) is 12.7. The number of benzene rings is 2. The maximum Gasteiger partial charge on any atom is 0.244 e. The molecule has 2 aromatic rings. The van der Waals surface area contributed by atoms with Crippen LogP contribution in [-0.4, -0.2) is 29.0 Å². The van der Waals surface area contributed by atoms with Crippen molar-refractivity contribution in [3.05, 3.63) is 70.8 Å². The van der Waals surface area contributed by atoms with Gasteiger partial charge in [0.15, 0.2) is 0 Å². The van der Waals surface area contributed by atoms with Crippen molar-refractivity contribution in [2.75, 3.05) is 13.1 Å². The number of hydrogen-bond donors (Lipinski definition) is 1. The predicted octanol–water partition coefficient (Wildman–Crippen LogP) is 4.39. The molecule has 156 valence electrons.